The van der Waals surface area contributed by atoms with Crippen molar-refractivity contribution in [2.75, 3.05) is 13.2 Å². The molecule has 1 unspecified atom stereocenters. The molecule has 1 N–H and O–H groups in total. The van der Waals surface area contributed by atoms with Crippen LogP contribution in [0.2, 0.25) is 0 Å². The van der Waals surface area contributed by atoms with Crippen molar-refractivity contribution in [3.8, 4) is 0 Å². The van der Waals surface area contributed by atoms with Crippen LogP contribution in [0.1, 0.15) is 54.4 Å². The van der Waals surface area contributed by atoms with Crippen molar-refractivity contribution in [2.24, 2.45) is 0 Å². The highest BCUT2D eigenvalue weighted by atomic mass is 31.2. The molecule has 30 heavy (non-hydrogen) atoms. The van der Waals surface area contributed by atoms with Gasteiger partial charge in [-0.1, -0.05) is 6.58 Å². The summed E-state index contributed by atoms with van der Waals surface area (Å²) in [6.45, 7) is 14.4. The van der Waals surface area contributed by atoms with Gasteiger partial charge < -0.3 is 38.0 Å². The van der Waals surface area contributed by atoms with E-state index in [-0.39, 0.29) is 49.3 Å². The quantitative estimate of drug-likeness (QED) is 0.373. The molecule has 0 spiro atoms. The first kappa shape index (κ1) is 25.7. The summed E-state index contributed by atoms with van der Waals surface area (Å²) >= 11 is 0. The molecule has 10 heteroatoms. The highest BCUT2D eigenvalue weighted by Gasteiger charge is 2.50. The zero-order valence-corrected chi connectivity index (χ0v) is 19.6. The van der Waals surface area contributed by atoms with Crippen LogP contribution in [0.3, 0.4) is 0 Å². The zero-order valence-electron chi connectivity index (χ0n) is 18.7. The Bertz CT molecular complexity index is 625. The number of aliphatic hydroxyl groups is 1. The molecular formula is C20H36O9P-. The molecule has 0 amide bonds. The maximum absolute atomic E-state index is 12.7. The lowest BCUT2D eigenvalue weighted by molar-refractivity contribution is -0.236. The second-order valence-electron chi connectivity index (χ2n) is 8.67. The molecule has 2 saturated heterocycles. The second kappa shape index (κ2) is 10.4. The van der Waals surface area contributed by atoms with Crippen LogP contribution >= 0.6 is 7.82 Å². The average Bonchev–Trinajstić information content (AvgIpc) is 3.11. The first-order chi connectivity index (χ1) is 13.9. The summed E-state index contributed by atoms with van der Waals surface area (Å²) in [7, 11) is -4.83. The number of hydrogen-bond donors (Lipinski definition) is 1. The Kier molecular flexibility index (Phi) is 8.93. The van der Waals surface area contributed by atoms with Crippen LogP contribution in [-0.2, 0) is 32.6 Å². The van der Waals surface area contributed by atoms with Gasteiger partial charge in [-0.2, -0.15) is 0 Å². The van der Waals surface area contributed by atoms with Gasteiger partial charge in [-0.15, -0.1) is 0 Å². The number of phosphoric acid groups is 1. The van der Waals surface area contributed by atoms with Crippen LogP contribution < -0.4 is 4.89 Å². The normalized spacial score (nSPS) is 36.4. The van der Waals surface area contributed by atoms with Gasteiger partial charge in [0.25, 0.3) is 0 Å². The molecule has 2 rings (SSSR count). The van der Waals surface area contributed by atoms with E-state index in [0.29, 0.717) is 6.42 Å². The van der Waals surface area contributed by atoms with Gasteiger partial charge >= 0.3 is 7.82 Å². The molecule has 0 bridgehead atoms. The number of rotatable bonds is 11. The van der Waals surface area contributed by atoms with E-state index in [1.54, 1.807) is 6.92 Å². The minimum Gasteiger partial charge on any atom is -0.746 e. The van der Waals surface area contributed by atoms with Crippen LogP contribution in [0.25, 0.3) is 0 Å². The Morgan fingerprint density at radius 1 is 1.23 bits per heavy atom. The van der Waals surface area contributed by atoms with Crippen LogP contribution in [0.15, 0.2) is 12.3 Å². The van der Waals surface area contributed by atoms with E-state index < -0.39 is 32.2 Å². The minimum absolute atomic E-state index is 0.00925. The highest BCUT2D eigenvalue weighted by Crippen LogP contribution is 2.49. The van der Waals surface area contributed by atoms with Crippen LogP contribution in [-0.4, -0.2) is 66.6 Å². The molecule has 0 aliphatic carbocycles. The Morgan fingerprint density at radius 3 is 2.47 bits per heavy atom. The van der Waals surface area contributed by atoms with Crippen molar-refractivity contribution < 1.29 is 42.6 Å². The van der Waals surface area contributed by atoms with Crippen molar-refractivity contribution in [1.82, 2.24) is 0 Å². The van der Waals surface area contributed by atoms with Gasteiger partial charge in [-0.05, 0) is 41.5 Å². The van der Waals surface area contributed by atoms with E-state index in [1.165, 1.54) is 0 Å². The van der Waals surface area contributed by atoms with Crippen LogP contribution in [0, 0.1) is 0 Å². The van der Waals surface area contributed by atoms with E-state index in [2.05, 4.69) is 6.58 Å². The fraction of sp³-hybridized carbons (Fsp3) is 0.900. The Labute approximate surface area is 179 Å². The lowest BCUT2D eigenvalue weighted by atomic mass is 9.98. The molecule has 9 nitrogen and oxygen atoms in total. The summed E-state index contributed by atoms with van der Waals surface area (Å²) in [6.07, 6.45) is -1.80. The molecule has 0 saturated carbocycles. The zero-order chi connectivity index (χ0) is 22.7. The Morgan fingerprint density at radius 2 is 1.90 bits per heavy atom. The predicted molar refractivity (Wildman–Crippen MR) is 108 cm³/mol. The summed E-state index contributed by atoms with van der Waals surface area (Å²) in [6, 6.07) is 0. The largest absolute Gasteiger partial charge is 0.746 e. The van der Waals surface area contributed by atoms with E-state index >= 15 is 0 Å². The summed E-state index contributed by atoms with van der Waals surface area (Å²) in [5.74, 6) is -0.0941. The molecular weight excluding hydrogens is 415 g/mol. The first-order valence-corrected chi connectivity index (χ1v) is 11.9. The van der Waals surface area contributed by atoms with Gasteiger partial charge in [-0.3, -0.25) is 4.57 Å². The third kappa shape index (κ3) is 6.74. The van der Waals surface area contributed by atoms with Gasteiger partial charge in [0.15, 0.2) is 0 Å². The average molecular weight is 451 g/mol. The molecule has 2 aliphatic heterocycles. The van der Waals surface area contributed by atoms with Crippen molar-refractivity contribution in [1.29, 1.82) is 0 Å². The van der Waals surface area contributed by atoms with Crippen molar-refractivity contribution >= 4 is 7.82 Å². The van der Waals surface area contributed by atoms with E-state index in [4.69, 9.17) is 28.0 Å². The fourth-order valence-electron chi connectivity index (χ4n) is 3.78. The highest BCUT2D eigenvalue weighted by molar-refractivity contribution is 7.46. The fourth-order valence-corrected chi connectivity index (χ4v) is 4.80. The monoisotopic (exact) mass is 451 g/mol. The summed E-state index contributed by atoms with van der Waals surface area (Å²) in [5, 5.41) is 9.95. The summed E-state index contributed by atoms with van der Waals surface area (Å²) < 4.78 is 46.1. The van der Waals surface area contributed by atoms with Gasteiger partial charge in [0.1, 0.15) is 23.6 Å². The van der Waals surface area contributed by atoms with Gasteiger partial charge in [0, 0.05) is 12.8 Å². The maximum Gasteiger partial charge on any atom is 0.319 e. The van der Waals surface area contributed by atoms with Crippen LogP contribution in [0.5, 0.6) is 0 Å². The third-order valence-corrected chi connectivity index (χ3v) is 6.00. The number of hydrogen-bond acceptors (Lipinski definition) is 9. The lowest BCUT2D eigenvalue weighted by Gasteiger charge is -2.36. The lowest BCUT2D eigenvalue weighted by Crippen LogP contribution is -2.49. The van der Waals surface area contributed by atoms with E-state index in [1.807, 2.05) is 34.6 Å². The Balaban J connectivity index is 2.07. The molecule has 176 valence electrons. The van der Waals surface area contributed by atoms with Gasteiger partial charge in [0.2, 0.25) is 0 Å². The molecule has 0 aromatic rings. The van der Waals surface area contributed by atoms with Gasteiger partial charge in [-0.25, -0.2) is 0 Å². The molecule has 2 aliphatic rings. The number of phosphoric ester groups is 1. The smallest absolute Gasteiger partial charge is 0.319 e. The molecule has 7 atom stereocenters. The van der Waals surface area contributed by atoms with Crippen molar-refractivity contribution in [3.05, 3.63) is 12.3 Å². The van der Waals surface area contributed by atoms with Gasteiger partial charge in [0.05, 0.1) is 43.7 Å². The molecule has 0 aromatic carbocycles. The number of aliphatic hydroxyl groups excluding tert-OH is 1. The van der Waals surface area contributed by atoms with Crippen LogP contribution in [0.4, 0.5) is 0 Å². The maximum atomic E-state index is 12.7. The van der Waals surface area contributed by atoms with Crippen molar-refractivity contribution in [3.63, 3.8) is 0 Å². The molecule has 2 heterocycles. The molecule has 2 fully saturated rings. The second-order valence-corrected chi connectivity index (χ2v) is 9.96. The van der Waals surface area contributed by atoms with E-state index in [0.717, 1.165) is 0 Å². The van der Waals surface area contributed by atoms with Crippen molar-refractivity contribution in [2.45, 2.75) is 103 Å². The minimum atomic E-state index is -4.83. The van der Waals surface area contributed by atoms with E-state index in [9.17, 15) is 14.6 Å². The first-order valence-electron chi connectivity index (χ1n) is 10.5. The summed E-state index contributed by atoms with van der Waals surface area (Å²) in [5.41, 5.74) is -1.30. The molecule has 0 radical (unpaired) electrons. The molecule has 0 aromatic heterocycles. The topological polar surface area (TPSA) is 116 Å². The predicted octanol–water partition coefficient (Wildman–Crippen LogP) is 2.31. The number of ether oxygens (including phenoxy) is 4. The Hall–Kier alpha value is -0.510. The SMILES string of the molecule is C=C(OP(=O)([O-])O[C@@H]1C[C@H](C)O[C@]1(CO)COC(C)C)[C@H]1O[C@@H](C)C[C@H]1OC(C)C. The third-order valence-electron chi connectivity index (χ3n) is 5.03. The summed E-state index contributed by atoms with van der Waals surface area (Å²) in [4.78, 5) is 12.7. The standard InChI is InChI=1S/C20H37O9P/c1-12(2)24-11-20(10-21)18(9-15(6)27-20)29-30(22,23)28-16(7)19-17(25-13(3)4)8-14(5)26-19/h12-15,17-19,21H,7-11H2,1-6H3,(H,22,23)/p-1/t14-,15-,17+,18+,19+,20+/m0/s1.